The van der Waals surface area contributed by atoms with Gasteiger partial charge >= 0.3 is 0 Å². The molecule has 0 atom stereocenters. The minimum absolute atomic E-state index is 0.517. The lowest BCUT2D eigenvalue weighted by atomic mass is 9.67. The van der Waals surface area contributed by atoms with Crippen LogP contribution in [0.1, 0.15) is 22.3 Å². The molecule has 11 aromatic carbocycles. The third kappa shape index (κ3) is 7.24. The van der Waals surface area contributed by atoms with E-state index >= 15 is 0 Å². The molecule has 378 valence electrons. The molecule has 4 aromatic heterocycles. The fourth-order valence-electron chi connectivity index (χ4n) is 12.6. The Labute approximate surface area is 466 Å². The topological polar surface area (TPSA) is 87.2 Å². The van der Waals surface area contributed by atoms with Gasteiger partial charge in [0.1, 0.15) is 0 Å². The van der Waals surface area contributed by atoms with E-state index in [4.69, 9.17) is 29.9 Å². The Morgan fingerprint density at radius 2 is 0.667 bits per heavy atom. The zero-order valence-corrected chi connectivity index (χ0v) is 43.6. The first-order valence-corrected chi connectivity index (χ1v) is 27.3. The molecule has 0 aliphatic heterocycles. The van der Waals surface area contributed by atoms with E-state index in [1.807, 2.05) is 78.9 Å². The Bertz CT molecular complexity index is 4820. The van der Waals surface area contributed by atoms with Crippen LogP contribution in [0.25, 0.3) is 123 Å². The van der Waals surface area contributed by atoms with Crippen LogP contribution in [-0.2, 0) is 5.41 Å². The van der Waals surface area contributed by atoms with E-state index in [1.54, 1.807) is 0 Å². The van der Waals surface area contributed by atoms with Gasteiger partial charge in [-0.25, -0.2) is 19.9 Å². The highest BCUT2D eigenvalue weighted by Crippen LogP contribution is 2.56. The van der Waals surface area contributed by atoms with Crippen LogP contribution in [0.4, 0.5) is 0 Å². The standard InChI is InChI=1S/C73H46N8/c1-6-24-47(25-7-1)67-74-70(50-42-45-61-59(46-50)53-34-16-20-38-60(53)73(61,51-30-12-4-13-31-51)52-32-14-5-15-33-52)77-71(76-67)58-37-19-23-41-64(58)80-62-39-21-17-35-54(62)56-43-44-57-55-36-18-22-40-63(55)81(66(57)65(56)80)72-78-68(48-26-8-2-9-27-48)75-69(79-72)49-28-10-3-11-29-49/h1-46H. The molecule has 8 nitrogen and oxygen atoms in total. The normalized spacial score (nSPS) is 12.5. The van der Waals surface area contributed by atoms with Crippen molar-refractivity contribution in [1.29, 1.82) is 0 Å². The summed E-state index contributed by atoms with van der Waals surface area (Å²) in [5.41, 5.74) is 16.0. The van der Waals surface area contributed by atoms with Gasteiger partial charge in [-0.1, -0.05) is 249 Å². The van der Waals surface area contributed by atoms with Gasteiger partial charge in [0.15, 0.2) is 29.1 Å². The lowest BCUT2D eigenvalue weighted by Crippen LogP contribution is -2.28. The van der Waals surface area contributed by atoms with E-state index in [1.165, 1.54) is 27.8 Å². The summed E-state index contributed by atoms with van der Waals surface area (Å²) >= 11 is 0. The van der Waals surface area contributed by atoms with Crippen LogP contribution in [0.5, 0.6) is 0 Å². The van der Waals surface area contributed by atoms with Crippen molar-refractivity contribution in [2.24, 2.45) is 0 Å². The van der Waals surface area contributed by atoms with Crippen molar-refractivity contribution in [3.05, 3.63) is 301 Å². The third-order valence-corrected chi connectivity index (χ3v) is 16.1. The predicted octanol–water partition coefficient (Wildman–Crippen LogP) is 16.9. The lowest BCUT2D eigenvalue weighted by Gasteiger charge is -2.33. The molecule has 0 bridgehead atoms. The van der Waals surface area contributed by atoms with Gasteiger partial charge in [-0.3, -0.25) is 4.57 Å². The van der Waals surface area contributed by atoms with Gasteiger partial charge < -0.3 is 4.57 Å². The van der Waals surface area contributed by atoms with Crippen LogP contribution >= 0.6 is 0 Å². The maximum absolute atomic E-state index is 5.54. The van der Waals surface area contributed by atoms with E-state index in [0.29, 0.717) is 35.1 Å². The van der Waals surface area contributed by atoms with Gasteiger partial charge in [0.05, 0.1) is 33.2 Å². The molecule has 0 saturated heterocycles. The number of para-hydroxylation sites is 3. The zero-order valence-electron chi connectivity index (χ0n) is 43.6. The van der Waals surface area contributed by atoms with Crippen molar-refractivity contribution >= 4 is 43.6 Å². The van der Waals surface area contributed by atoms with Gasteiger partial charge in [-0.05, 0) is 63.7 Å². The monoisotopic (exact) mass is 1030 g/mol. The molecule has 0 saturated carbocycles. The maximum atomic E-state index is 5.54. The second-order valence-corrected chi connectivity index (χ2v) is 20.6. The summed E-state index contributed by atoms with van der Waals surface area (Å²) < 4.78 is 4.62. The quantitative estimate of drug-likeness (QED) is 0.143. The fraction of sp³-hybridized carbons (Fsp3) is 0.0137. The van der Waals surface area contributed by atoms with E-state index in [-0.39, 0.29) is 0 Å². The molecule has 15 aromatic rings. The first kappa shape index (κ1) is 46.2. The highest BCUT2D eigenvalue weighted by Gasteiger charge is 2.46. The average Bonchev–Trinajstić information content (AvgIpc) is 4.38. The average molecular weight is 1040 g/mol. The third-order valence-electron chi connectivity index (χ3n) is 16.1. The van der Waals surface area contributed by atoms with Crippen LogP contribution in [0.3, 0.4) is 0 Å². The Morgan fingerprint density at radius 3 is 1.23 bits per heavy atom. The highest BCUT2D eigenvalue weighted by molar-refractivity contribution is 6.24. The highest BCUT2D eigenvalue weighted by atomic mass is 15.2. The SMILES string of the molecule is c1ccc(-c2nc(-c3ccc4c(c3)-c3ccccc3C4(c3ccccc3)c3ccccc3)nc(-c3ccccc3-n3c4ccccc4c4ccc5c6ccccc6n(-c6nc(-c7ccccc7)nc(-c7ccccc7)n6)c5c43)n2)cc1. The van der Waals surface area contributed by atoms with Gasteiger partial charge in [0, 0.05) is 49.4 Å². The van der Waals surface area contributed by atoms with Crippen LogP contribution in [0.15, 0.2) is 279 Å². The van der Waals surface area contributed by atoms with Crippen molar-refractivity contribution in [3.63, 3.8) is 0 Å². The van der Waals surface area contributed by atoms with Crippen LogP contribution < -0.4 is 0 Å². The summed E-state index contributed by atoms with van der Waals surface area (Å²) in [7, 11) is 0. The van der Waals surface area contributed by atoms with Gasteiger partial charge in [-0.2, -0.15) is 9.97 Å². The Hall–Kier alpha value is -11.0. The Balaban J connectivity index is 0.947. The molecular weight excluding hydrogens is 989 g/mol. The zero-order chi connectivity index (χ0) is 53.4. The summed E-state index contributed by atoms with van der Waals surface area (Å²) in [6.07, 6.45) is 0. The molecule has 0 amide bonds. The van der Waals surface area contributed by atoms with Crippen molar-refractivity contribution in [3.8, 4) is 79.7 Å². The molecule has 0 unspecified atom stereocenters. The molecule has 81 heavy (non-hydrogen) atoms. The molecule has 1 aliphatic rings. The van der Waals surface area contributed by atoms with Crippen molar-refractivity contribution in [2.45, 2.75) is 5.41 Å². The van der Waals surface area contributed by atoms with Crippen molar-refractivity contribution < 1.29 is 0 Å². The fourth-order valence-corrected chi connectivity index (χ4v) is 12.6. The molecular formula is C73H46N8. The van der Waals surface area contributed by atoms with E-state index in [9.17, 15) is 0 Å². The molecule has 0 spiro atoms. The van der Waals surface area contributed by atoms with Gasteiger partial charge in [0.25, 0.3) is 0 Å². The smallest absolute Gasteiger partial charge is 0.238 e. The summed E-state index contributed by atoms with van der Waals surface area (Å²) in [4.78, 5) is 32.1. The van der Waals surface area contributed by atoms with Crippen molar-refractivity contribution in [2.75, 3.05) is 0 Å². The molecule has 1 aliphatic carbocycles. The summed E-state index contributed by atoms with van der Waals surface area (Å²) in [6.45, 7) is 0. The number of hydrogen-bond acceptors (Lipinski definition) is 6. The molecule has 4 heterocycles. The molecule has 0 fully saturated rings. The lowest BCUT2D eigenvalue weighted by molar-refractivity contribution is 0.768. The Kier molecular flexibility index (Phi) is 10.6. The maximum Gasteiger partial charge on any atom is 0.238 e. The number of aromatic nitrogens is 8. The number of fused-ring (bicyclic) bond motifs is 10. The number of rotatable bonds is 9. The van der Waals surface area contributed by atoms with E-state index in [0.717, 1.165) is 82.7 Å². The second kappa shape index (κ2) is 18.6. The second-order valence-electron chi connectivity index (χ2n) is 20.6. The van der Waals surface area contributed by atoms with Crippen LogP contribution in [0, 0.1) is 0 Å². The summed E-state index contributed by atoms with van der Waals surface area (Å²) in [5, 5.41) is 4.34. The minimum atomic E-state index is -0.539. The molecule has 0 N–H and O–H groups in total. The number of nitrogens with zero attached hydrogens (tertiary/aromatic N) is 8. The van der Waals surface area contributed by atoms with Crippen LogP contribution in [0.2, 0.25) is 0 Å². The minimum Gasteiger partial charge on any atom is -0.306 e. The van der Waals surface area contributed by atoms with Gasteiger partial charge in [0.2, 0.25) is 5.95 Å². The first-order chi connectivity index (χ1) is 40.2. The predicted molar refractivity (Wildman–Crippen MR) is 326 cm³/mol. The first-order valence-electron chi connectivity index (χ1n) is 27.3. The Morgan fingerprint density at radius 1 is 0.259 bits per heavy atom. The largest absolute Gasteiger partial charge is 0.306 e. The number of benzene rings is 11. The summed E-state index contributed by atoms with van der Waals surface area (Å²) in [6, 6.07) is 98.1. The van der Waals surface area contributed by atoms with E-state index < -0.39 is 5.41 Å². The van der Waals surface area contributed by atoms with Crippen LogP contribution in [-0.4, -0.2) is 39.0 Å². The molecule has 16 rings (SSSR count). The van der Waals surface area contributed by atoms with E-state index in [2.05, 4.69) is 209 Å². The van der Waals surface area contributed by atoms with Crippen molar-refractivity contribution in [1.82, 2.24) is 39.0 Å². The summed E-state index contributed by atoms with van der Waals surface area (Å²) in [5.74, 6) is 3.40. The molecule has 8 heteroatoms. The molecule has 0 radical (unpaired) electrons. The number of hydrogen-bond donors (Lipinski definition) is 0. The van der Waals surface area contributed by atoms with Gasteiger partial charge in [-0.15, -0.1) is 0 Å².